The van der Waals surface area contributed by atoms with Gasteiger partial charge in [0.1, 0.15) is 11.5 Å². The molecule has 0 spiro atoms. The van der Waals surface area contributed by atoms with Crippen LogP contribution < -0.4 is 11.2 Å². The summed E-state index contributed by atoms with van der Waals surface area (Å²) < 4.78 is 32.9. The Morgan fingerprint density at radius 2 is 1.63 bits per heavy atom. The van der Waals surface area contributed by atoms with E-state index in [0.29, 0.717) is 5.56 Å². The molecule has 0 aliphatic rings. The van der Waals surface area contributed by atoms with E-state index >= 15 is 0 Å². The zero-order valence-electron chi connectivity index (χ0n) is 12.4. The van der Waals surface area contributed by atoms with E-state index in [9.17, 15) is 8.78 Å². The Morgan fingerprint density at radius 3 is 2.11 bits per heavy atom. The maximum Gasteiger partial charge on any atom is 0.333 e. The van der Waals surface area contributed by atoms with Crippen LogP contribution in [0.5, 0.6) is 0 Å². The van der Waals surface area contributed by atoms with E-state index in [-0.39, 0.29) is 10.9 Å². The first-order valence-corrected chi connectivity index (χ1v) is 6.22. The molecule has 1 radical (unpaired) electrons. The highest BCUT2D eigenvalue weighted by atomic mass is 19.1. The molecule has 0 unspecified atom stereocenters. The van der Waals surface area contributed by atoms with Gasteiger partial charge in [0, 0.05) is 0 Å². The molecule has 0 saturated carbocycles. The second-order valence-electron chi connectivity index (χ2n) is 6.32. The third kappa shape index (κ3) is 3.27. The first-order chi connectivity index (χ1) is 8.47. The Balaban J connectivity index is 2.97. The lowest BCUT2D eigenvalue weighted by Crippen LogP contribution is -2.43. The van der Waals surface area contributed by atoms with Crippen LogP contribution in [0.1, 0.15) is 40.2 Å². The molecule has 0 heterocycles. The van der Waals surface area contributed by atoms with Crippen LogP contribution in [0.4, 0.5) is 14.5 Å². The number of halogens is 2. The second kappa shape index (κ2) is 5.12. The van der Waals surface area contributed by atoms with Crippen LogP contribution in [0.3, 0.4) is 0 Å². The third-order valence-corrected chi connectivity index (χ3v) is 3.73. The molecule has 0 bridgehead atoms. The van der Waals surface area contributed by atoms with Gasteiger partial charge in [-0.25, -0.2) is 8.78 Å². The number of hydrogen-bond acceptors (Lipinski definition) is 2. The van der Waals surface area contributed by atoms with Crippen LogP contribution in [0.25, 0.3) is 0 Å². The van der Waals surface area contributed by atoms with Gasteiger partial charge in [0.15, 0.2) is 5.82 Å². The van der Waals surface area contributed by atoms with Crippen molar-refractivity contribution in [3.8, 4) is 0 Å². The smallest absolute Gasteiger partial charge is 0.333 e. The SMILES string of the molecule is Cc1cc([B]OC(C)(C)C(C)(C)C)c(F)c(N)c1F. The first-order valence-electron chi connectivity index (χ1n) is 6.22. The fraction of sp³-hybridized carbons (Fsp3) is 0.571. The Labute approximate surface area is 114 Å². The molecular formula is C14H21BF2NO. The van der Waals surface area contributed by atoms with Crippen LogP contribution in [0.15, 0.2) is 6.07 Å². The number of nitrogens with two attached hydrogens (primary N) is 1. The van der Waals surface area contributed by atoms with Crippen molar-refractivity contribution in [2.24, 2.45) is 5.41 Å². The van der Waals surface area contributed by atoms with E-state index in [2.05, 4.69) is 0 Å². The molecule has 0 fully saturated rings. The van der Waals surface area contributed by atoms with Gasteiger partial charge in [-0.1, -0.05) is 26.8 Å². The van der Waals surface area contributed by atoms with Crippen LogP contribution >= 0.6 is 0 Å². The van der Waals surface area contributed by atoms with Crippen molar-refractivity contribution in [1.82, 2.24) is 0 Å². The van der Waals surface area contributed by atoms with Gasteiger partial charge >= 0.3 is 7.48 Å². The van der Waals surface area contributed by atoms with Gasteiger partial charge < -0.3 is 10.4 Å². The minimum Gasteiger partial charge on any atom is -0.429 e. The normalized spacial score (nSPS) is 12.6. The van der Waals surface area contributed by atoms with E-state index in [4.69, 9.17) is 10.4 Å². The molecule has 105 valence electrons. The van der Waals surface area contributed by atoms with Crippen molar-refractivity contribution in [2.45, 2.75) is 47.1 Å². The highest BCUT2D eigenvalue weighted by Crippen LogP contribution is 2.32. The zero-order valence-corrected chi connectivity index (χ0v) is 12.4. The topological polar surface area (TPSA) is 35.2 Å². The number of rotatable bonds is 3. The Morgan fingerprint density at radius 1 is 1.11 bits per heavy atom. The summed E-state index contributed by atoms with van der Waals surface area (Å²) >= 11 is 0. The van der Waals surface area contributed by atoms with E-state index in [1.807, 2.05) is 34.6 Å². The highest BCUT2D eigenvalue weighted by molar-refractivity contribution is 6.47. The van der Waals surface area contributed by atoms with Gasteiger partial charge in [0.2, 0.25) is 0 Å². The minimum atomic E-state index is -0.784. The lowest BCUT2D eigenvalue weighted by molar-refractivity contribution is 0.00495. The second-order valence-corrected chi connectivity index (χ2v) is 6.32. The number of aryl methyl sites for hydroxylation is 1. The molecule has 1 rings (SSSR count). The van der Waals surface area contributed by atoms with Gasteiger partial charge in [0.25, 0.3) is 0 Å². The fourth-order valence-corrected chi connectivity index (χ4v) is 1.30. The van der Waals surface area contributed by atoms with Gasteiger partial charge in [-0.15, -0.1) is 0 Å². The van der Waals surface area contributed by atoms with Crippen molar-refractivity contribution < 1.29 is 13.4 Å². The maximum atomic E-state index is 13.8. The summed E-state index contributed by atoms with van der Waals surface area (Å²) in [5.74, 6) is -1.50. The van der Waals surface area contributed by atoms with Crippen LogP contribution in [-0.2, 0) is 4.65 Å². The van der Waals surface area contributed by atoms with Crippen molar-refractivity contribution >= 4 is 18.6 Å². The van der Waals surface area contributed by atoms with E-state index < -0.39 is 22.9 Å². The molecule has 0 aliphatic carbocycles. The molecule has 2 N–H and O–H groups in total. The maximum absolute atomic E-state index is 13.8. The molecule has 0 atom stereocenters. The molecule has 0 saturated heterocycles. The lowest BCUT2D eigenvalue weighted by atomic mass is 9.76. The summed E-state index contributed by atoms with van der Waals surface area (Å²) in [6.07, 6.45) is 0. The van der Waals surface area contributed by atoms with E-state index in [1.165, 1.54) is 20.5 Å². The Hall–Kier alpha value is -1.10. The van der Waals surface area contributed by atoms with Gasteiger partial charge in [-0.05, 0) is 37.2 Å². The lowest BCUT2D eigenvalue weighted by Gasteiger charge is -2.39. The highest BCUT2D eigenvalue weighted by Gasteiger charge is 2.33. The molecule has 19 heavy (non-hydrogen) atoms. The molecule has 1 aromatic carbocycles. The molecule has 1 aromatic rings. The van der Waals surface area contributed by atoms with Crippen molar-refractivity contribution in [3.05, 3.63) is 23.3 Å². The zero-order chi connectivity index (χ0) is 15.0. The van der Waals surface area contributed by atoms with Crippen LogP contribution in [0.2, 0.25) is 0 Å². The standard InChI is InChI=1S/C14H21BF2NO/c1-8-7-9(11(17)12(18)10(8)16)15-19-14(5,6)13(2,3)4/h7H,18H2,1-6H3. The van der Waals surface area contributed by atoms with Crippen molar-refractivity contribution in [3.63, 3.8) is 0 Å². The molecular weight excluding hydrogens is 247 g/mol. The van der Waals surface area contributed by atoms with Gasteiger partial charge in [-0.3, -0.25) is 0 Å². The molecule has 0 amide bonds. The minimum absolute atomic E-state index is 0.124. The monoisotopic (exact) mass is 268 g/mol. The molecule has 2 nitrogen and oxygen atoms in total. The van der Waals surface area contributed by atoms with E-state index in [0.717, 1.165) is 0 Å². The van der Waals surface area contributed by atoms with Gasteiger partial charge in [-0.2, -0.15) is 0 Å². The van der Waals surface area contributed by atoms with Crippen molar-refractivity contribution in [2.75, 3.05) is 5.73 Å². The average molecular weight is 268 g/mol. The average Bonchev–Trinajstić information content (AvgIpc) is 2.28. The van der Waals surface area contributed by atoms with Gasteiger partial charge in [0.05, 0.1) is 5.60 Å². The number of nitrogen functional groups attached to an aromatic ring is 1. The summed E-state index contributed by atoms with van der Waals surface area (Å²) in [5.41, 5.74) is 4.75. The van der Waals surface area contributed by atoms with Crippen LogP contribution in [-0.4, -0.2) is 13.1 Å². The predicted octanol–water partition coefficient (Wildman–Crippen LogP) is 2.94. The summed E-state index contributed by atoms with van der Waals surface area (Å²) in [7, 11) is 1.31. The largest absolute Gasteiger partial charge is 0.429 e. The number of anilines is 1. The Kier molecular flexibility index (Phi) is 4.30. The Bertz CT molecular complexity index is 481. The van der Waals surface area contributed by atoms with Crippen LogP contribution in [0, 0.1) is 24.0 Å². The quantitative estimate of drug-likeness (QED) is 0.675. The summed E-state index contributed by atoms with van der Waals surface area (Å²) in [6.45, 7) is 11.5. The summed E-state index contributed by atoms with van der Waals surface area (Å²) in [4.78, 5) is 0. The fourth-order valence-electron chi connectivity index (χ4n) is 1.30. The number of hydrogen-bond donors (Lipinski definition) is 1. The van der Waals surface area contributed by atoms with Crippen molar-refractivity contribution in [1.29, 1.82) is 0 Å². The molecule has 0 aromatic heterocycles. The first kappa shape index (κ1) is 16.0. The molecule has 0 aliphatic heterocycles. The predicted molar refractivity (Wildman–Crippen MR) is 75.5 cm³/mol. The third-order valence-electron chi connectivity index (χ3n) is 3.73. The van der Waals surface area contributed by atoms with E-state index in [1.54, 1.807) is 0 Å². The molecule has 5 heteroatoms. The summed E-state index contributed by atoms with van der Waals surface area (Å²) in [5, 5.41) is 0. The number of benzene rings is 1. The summed E-state index contributed by atoms with van der Waals surface area (Å²) in [6, 6.07) is 1.39.